The van der Waals surface area contributed by atoms with Crippen LogP contribution in [0.5, 0.6) is 0 Å². The van der Waals surface area contributed by atoms with Crippen LogP contribution in [-0.2, 0) is 27.4 Å². The quantitative estimate of drug-likeness (QED) is 0.288. The van der Waals surface area contributed by atoms with E-state index < -0.39 is 0 Å². The van der Waals surface area contributed by atoms with E-state index in [2.05, 4.69) is 0 Å². The van der Waals surface area contributed by atoms with E-state index in [0.29, 0.717) is 0 Å². The topological polar surface area (TPSA) is 142 Å². The van der Waals surface area contributed by atoms with Crippen molar-refractivity contribution in [3.8, 4) is 0 Å². The molecule has 0 rings (SSSR count). The molecular formula is Ba2Nd2O5. The summed E-state index contributed by atoms with van der Waals surface area (Å²) in [4.78, 5) is 0. The monoisotopic (exact) mass is 640 g/mol. The second kappa shape index (κ2) is 68.5. The Kier molecular flexibility index (Phi) is 651. The molecule has 0 saturated heterocycles. The molecule has 2 radical (unpaired) electrons. The van der Waals surface area contributed by atoms with Crippen molar-refractivity contribution in [2.45, 2.75) is 0 Å². The van der Waals surface area contributed by atoms with Crippen LogP contribution in [0.4, 0.5) is 0 Å². The van der Waals surface area contributed by atoms with Crippen molar-refractivity contribution >= 4 is 97.8 Å². The molecule has 0 aliphatic rings. The molecular weight excluding hydrogens is 643 g/mol. The normalized spacial score (nSPS) is 0. The standard InChI is InChI=1S/2Ba.2Nd.5O/q2*+2;2*+3;5*-2. The van der Waals surface area contributed by atoms with Gasteiger partial charge in [-0.25, -0.2) is 0 Å². The number of rotatable bonds is 0. The van der Waals surface area contributed by atoms with Crippen molar-refractivity contribution in [3.63, 3.8) is 0 Å². The Labute approximate surface area is 200 Å². The van der Waals surface area contributed by atoms with E-state index in [0.717, 1.165) is 0 Å². The fraction of sp³-hybridized carbons (Fsp3) is 0. The summed E-state index contributed by atoms with van der Waals surface area (Å²) in [6, 6.07) is 0. The second-order valence-corrected chi connectivity index (χ2v) is 0. The summed E-state index contributed by atoms with van der Waals surface area (Å²) in [6.07, 6.45) is 0. The first-order valence-electron chi connectivity index (χ1n) is 0. The van der Waals surface area contributed by atoms with Gasteiger partial charge >= 0.3 is 179 Å². The average molecular weight is 643 g/mol. The van der Waals surface area contributed by atoms with Crippen LogP contribution >= 0.6 is 0 Å². The largest absolute Gasteiger partial charge is 3.00 e. The zero-order valence-electron chi connectivity index (χ0n) is 4.46. The summed E-state index contributed by atoms with van der Waals surface area (Å²) in [5, 5.41) is 0. The minimum Gasteiger partial charge on any atom is -2.00 e. The predicted octanol–water partition coefficient (Wildman–Crippen LogP) is -1.36. The molecule has 0 unspecified atom stereocenters. The molecule has 0 aliphatic carbocycles. The first kappa shape index (κ1) is 85.6. The Morgan fingerprint density at radius 2 is 0.333 bits per heavy atom. The summed E-state index contributed by atoms with van der Waals surface area (Å²) in [5.41, 5.74) is 0. The van der Waals surface area contributed by atoms with Crippen LogP contribution in [0.3, 0.4) is 0 Å². The molecule has 0 aromatic heterocycles. The van der Waals surface area contributed by atoms with Gasteiger partial charge in [-0.15, -0.1) is 0 Å². The average Bonchev–Trinajstić information content (AvgIpc) is 0. The summed E-state index contributed by atoms with van der Waals surface area (Å²) in [6.45, 7) is 0. The molecule has 0 bridgehead atoms. The van der Waals surface area contributed by atoms with E-state index in [1.807, 2.05) is 0 Å². The van der Waals surface area contributed by atoms with E-state index in [1.165, 1.54) is 0 Å². The molecule has 42 valence electrons. The molecule has 0 aliphatic heterocycles. The maximum absolute atomic E-state index is 0. The summed E-state index contributed by atoms with van der Waals surface area (Å²) in [5.74, 6) is 0. The first-order valence-corrected chi connectivity index (χ1v) is 0. The summed E-state index contributed by atoms with van der Waals surface area (Å²) in [7, 11) is 0. The molecule has 0 aromatic rings. The summed E-state index contributed by atoms with van der Waals surface area (Å²) >= 11 is 0. The molecule has 0 fully saturated rings. The van der Waals surface area contributed by atoms with Crippen molar-refractivity contribution in [3.05, 3.63) is 0 Å². The zero-order chi connectivity index (χ0) is 0. The molecule has 0 amide bonds. The molecule has 0 spiro atoms. The summed E-state index contributed by atoms with van der Waals surface area (Å²) < 4.78 is 0. The van der Waals surface area contributed by atoms with Crippen LogP contribution < -0.4 is 0 Å². The van der Waals surface area contributed by atoms with Crippen LogP contribution in [-0.4, -0.2) is 97.8 Å². The molecule has 0 atom stereocenters. The Hall–Kier alpha value is 5.64. The van der Waals surface area contributed by atoms with Crippen LogP contribution in [0, 0.1) is 81.7 Å². The van der Waals surface area contributed by atoms with Crippen LogP contribution in [0.2, 0.25) is 0 Å². The first-order chi connectivity index (χ1) is 0. The fourth-order valence-electron chi connectivity index (χ4n) is 0. The van der Waals surface area contributed by atoms with Gasteiger partial charge in [0.15, 0.2) is 0 Å². The van der Waals surface area contributed by atoms with E-state index in [1.54, 1.807) is 0 Å². The van der Waals surface area contributed by atoms with Crippen LogP contribution in [0.1, 0.15) is 0 Å². The van der Waals surface area contributed by atoms with E-state index in [4.69, 9.17) is 0 Å². The van der Waals surface area contributed by atoms with Gasteiger partial charge in [0.25, 0.3) is 0 Å². The van der Waals surface area contributed by atoms with Gasteiger partial charge in [0.2, 0.25) is 0 Å². The molecule has 9 heavy (non-hydrogen) atoms. The second-order valence-electron chi connectivity index (χ2n) is 0. The van der Waals surface area contributed by atoms with Crippen molar-refractivity contribution in [1.29, 1.82) is 0 Å². The fourth-order valence-corrected chi connectivity index (χ4v) is 0. The number of hydrogen-bond acceptors (Lipinski definition) is 0. The Morgan fingerprint density at radius 3 is 0.333 bits per heavy atom. The maximum Gasteiger partial charge on any atom is 3.00 e. The molecule has 0 saturated carbocycles. The van der Waals surface area contributed by atoms with Crippen molar-refractivity contribution < 1.29 is 109 Å². The van der Waals surface area contributed by atoms with Crippen molar-refractivity contribution in [2.75, 3.05) is 0 Å². The third-order valence-corrected chi connectivity index (χ3v) is 0. The van der Waals surface area contributed by atoms with Crippen LogP contribution in [0.25, 0.3) is 0 Å². The zero-order valence-corrected chi connectivity index (χ0v) is 19.8. The van der Waals surface area contributed by atoms with E-state index in [-0.39, 0.29) is 207 Å². The van der Waals surface area contributed by atoms with Gasteiger partial charge in [0.1, 0.15) is 0 Å². The smallest absolute Gasteiger partial charge is 2.00 e. The predicted molar refractivity (Wildman–Crippen MR) is 14.9 cm³/mol. The maximum atomic E-state index is 0. The van der Waals surface area contributed by atoms with Gasteiger partial charge in [0, 0.05) is 0 Å². The molecule has 5 nitrogen and oxygen atoms in total. The van der Waals surface area contributed by atoms with Crippen LogP contribution in [0.15, 0.2) is 0 Å². The minimum absolute atomic E-state index is 0. The number of hydrogen-bond donors (Lipinski definition) is 0. The van der Waals surface area contributed by atoms with E-state index >= 15 is 0 Å². The molecule has 0 aromatic carbocycles. The molecule has 0 heterocycles. The van der Waals surface area contributed by atoms with Crippen molar-refractivity contribution in [2.24, 2.45) is 0 Å². The Bertz CT molecular complexity index is 12.9. The SMILES string of the molecule is [Ba+2].[Ba+2].[Nd+3].[Nd+3].[O-2].[O-2].[O-2].[O-2].[O-2]. The Balaban J connectivity index is 0. The van der Waals surface area contributed by atoms with Gasteiger partial charge in [-0.3, -0.25) is 0 Å². The van der Waals surface area contributed by atoms with Gasteiger partial charge < -0.3 is 27.4 Å². The van der Waals surface area contributed by atoms with Gasteiger partial charge in [-0.2, -0.15) is 0 Å². The van der Waals surface area contributed by atoms with Crippen molar-refractivity contribution in [1.82, 2.24) is 0 Å². The third kappa shape index (κ3) is 58.1. The Morgan fingerprint density at radius 1 is 0.333 bits per heavy atom. The van der Waals surface area contributed by atoms with Gasteiger partial charge in [-0.1, -0.05) is 0 Å². The third-order valence-electron chi connectivity index (χ3n) is 0. The molecule has 9 heteroatoms. The minimum atomic E-state index is 0. The molecule has 0 N–H and O–H groups in total. The van der Waals surface area contributed by atoms with Gasteiger partial charge in [0.05, 0.1) is 0 Å². The van der Waals surface area contributed by atoms with E-state index in [9.17, 15) is 0 Å². The van der Waals surface area contributed by atoms with Gasteiger partial charge in [-0.05, 0) is 0 Å².